The molecule has 0 saturated carbocycles. The van der Waals surface area contributed by atoms with Crippen LogP contribution < -0.4 is 16.2 Å². The predicted molar refractivity (Wildman–Crippen MR) is 124 cm³/mol. The molecule has 2 aromatic carbocycles. The molecule has 0 saturated heterocycles. The van der Waals surface area contributed by atoms with Crippen molar-refractivity contribution in [2.75, 3.05) is 10.6 Å². The van der Waals surface area contributed by atoms with Crippen molar-refractivity contribution in [3.63, 3.8) is 0 Å². The number of nitrogens with one attached hydrogen (secondary N) is 2. The van der Waals surface area contributed by atoms with Crippen molar-refractivity contribution < 1.29 is 4.79 Å². The second kappa shape index (κ2) is 7.69. The fraction of sp³-hybridized carbons (Fsp3) is 0.130. The second-order valence-electron chi connectivity index (χ2n) is 7.64. The maximum Gasteiger partial charge on any atom is 0.261 e. The lowest BCUT2D eigenvalue weighted by Crippen LogP contribution is -2.27. The Morgan fingerprint density at radius 1 is 1.00 bits per heavy atom. The lowest BCUT2D eigenvalue weighted by molar-refractivity contribution is -0.116. The third-order valence-corrected chi connectivity index (χ3v) is 5.33. The van der Waals surface area contributed by atoms with Crippen molar-refractivity contribution in [3.05, 3.63) is 77.6 Å². The molecular weight excluding hydrogens is 406 g/mol. The molecule has 1 amide bonds. The number of carbonyl (C=O) groups excluding carboxylic acids is 1. The zero-order valence-electron chi connectivity index (χ0n) is 17.6. The predicted octanol–water partition coefficient (Wildman–Crippen LogP) is 3.00. The summed E-state index contributed by atoms with van der Waals surface area (Å²) in [5, 5.41) is 16.7. The Hall–Kier alpha value is -4.40. The van der Waals surface area contributed by atoms with Gasteiger partial charge in [0.25, 0.3) is 5.56 Å². The largest absolute Gasteiger partial charge is 0.355 e. The van der Waals surface area contributed by atoms with E-state index in [1.807, 2.05) is 54.2 Å². The topological polar surface area (TPSA) is 98.8 Å². The third kappa shape index (κ3) is 3.60. The van der Waals surface area contributed by atoms with E-state index in [0.29, 0.717) is 16.8 Å². The van der Waals surface area contributed by atoms with Crippen LogP contribution in [0.5, 0.6) is 0 Å². The molecule has 0 aliphatic carbocycles. The number of anilines is 3. The van der Waals surface area contributed by atoms with Gasteiger partial charge in [-0.15, -0.1) is 0 Å². The molecule has 0 spiro atoms. The molecule has 5 aromatic rings. The molecule has 9 heteroatoms. The van der Waals surface area contributed by atoms with Crippen LogP contribution in [0.1, 0.15) is 0 Å². The molecule has 0 aliphatic heterocycles. The molecule has 160 valence electrons. The molecule has 0 unspecified atom stereocenters. The number of aryl methyl sites for hydroxylation is 2. The van der Waals surface area contributed by atoms with Crippen molar-refractivity contribution in [1.82, 2.24) is 24.1 Å². The minimum absolute atomic E-state index is 0.0976. The Bertz CT molecular complexity index is 1530. The Kier molecular flexibility index (Phi) is 4.70. The minimum atomic E-state index is -0.299. The monoisotopic (exact) mass is 427 g/mol. The van der Waals surface area contributed by atoms with Crippen LogP contribution in [0.3, 0.4) is 0 Å². The number of benzene rings is 2. The number of aromatic nitrogens is 5. The number of rotatable bonds is 5. The minimum Gasteiger partial charge on any atom is -0.355 e. The standard InChI is InChI=1S/C23H21N7O2/c1-28-13-18(12-24-28)27-21(31)14-30-9-8-15-4-3-5-19(22(15)23(30)32)26-17-6-7-20-16(10-17)11-25-29(20)2/h3-13,26H,14H2,1-2H3,(H,27,31). The molecule has 0 atom stereocenters. The van der Waals surface area contributed by atoms with Gasteiger partial charge in [0.15, 0.2) is 0 Å². The lowest BCUT2D eigenvalue weighted by Gasteiger charge is -2.12. The lowest BCUT2D eigenvalue weighted by atomic mass is 10.1. The molecule has 32 heavy (non-hydrogen) atoms. The van der Waals surface area contributed by atoms with Crippen LogP contribution in [-0.2, 0) is 25.4 Å². The summed E-state index contributed by atoms with van der Waals surface area (Å²) in [5.74, 6) is -0.299. The fourth-order valence-corrected chi connectivity index (χ4v) is 3.80. The number of carbonyl (C=O) groups is 1. The molecule has 0 bridgehead atoms. The highest BCUT2D eigenvalue weighted by Crippen LogP contribution is 2.26. The summed E-state index contributed by atoms with van der Waals surface area (Å²) in [6.07, 6.45) is 6.70. The maximum atomic E-state index is 13.3. The quantitative estimate of drug-likeness (QED) is 0.449. The van der Waals surface area contributed by atoms with E-state index in [1.165, 1.54) is 4.57 Å². The number of amides is 1. The summed E-state index contributed by atoms with van der Waals surface area (Å²) >= 11 is 0. The van der Waals surface area contributed by atoms with Gasteiger partial charge in [-0.1, -0.05) is 12.1 Å². The van der Waals surface area contributed by atoms with Gasteiger partial charge in [0, 0.05) is 37.6 Å². The highest BCUT2D eigenvalue weighted by Gasteiger charge is 2.12. The van der Waals surface area contributed by atoms with E-state index in [4.69, 9.17) is 0 Å². The molecule has 3 aromatic heterocycles. The molecule has 0 fully saturated rings. The smallest absolute Gasteiger partial charge is 0.261 e. The first-order valence-electron chi connectivity index (χ1n) is 10.1. The summed E-state index contributed by atoms with van der Waals surface area (Å²) in [4.78, 5) is 25.7. The number of pyridine rings is 1. The van der Waals surface area contributed by atoms with E-state index >= 15 is 0 Å². The summed E-state index contributed by atoms with van der Waals surface area (Å²) in [7, 11) is 3.66. The summed E-state index contributed by atoms with van der Waals surface area (Å²) < 4.78 is 4.81. The van der Waals surface area contributed by atoms with Crippen molar-refractivity contribution in [2.24, 2.45) is 14.1 Å². The Morgan fingerprint density at radius 3 is 2.69 bits per heavy atom. The first-order chi connectivity index (χ1) is 15.5. The van der Waals surface area contributed by atoms with Gasteiger partial charge in [-0.25, -0.2) is 0 Å². The van der Waals surface area contributed by atoms with Gasteiger partial charge in [-0.05, 0) is 35.7 Å². The van der Waals surface area contributed by atoms with Crippen molar-refractivity contribution in [3.8, 4) is 0 Å². The van der Waals surface area contributed by atoms with Crippen LogP contribution in [0.25, 0.3) is 21.7 Å². The highest BCUT2D eigenvalue weighted by molar-refractivity contribution is 5.96. The molecule has 9 nitrogen and oxygen atoms in total. The van der Waals surface area contributed by atoms with Crippen LogP contribution in [0, 0.1) is 0 Å². The van der Waals surface area contributed by atoms with E-state index in [1.54, 1.807) is 36.5 Å². The molecule has 2 N–H and O–H groups in total. The van der Waals surface area contributed by atoms with Crippen LogP contribution in [-0.4, -0.2) is 30.0 Å². The van der Waals surface area contributed by atoms with E-state index in [0.717, 1.165) is 22.0 Å². The SMILES string of the molecule is Cn1cc(NC(=O)Cn2ccc3cccc(Nc4ccc5c(cnn5C)c4)c3c2=O)cn1. The van der Waals surface area contributed by atoms with Crippen molar-refractivity contribution in [2.45, 2.75) is 6.54 Å². The Balaban J connectivity index is 1.46. The Morgan fingerprint density at radius 2 is 1.88 bits per heavy atom. The zero-order chi connectivity index (χ0) is 22.2. The number of hydrogen-bond donors (Lipinski definition) is 2. The zero-order valence-corrected chi connectivity index (χ0v) is 17.6. The van der Waals surface area contributed by atoms with E-state index in [9.17, 15) is 9.59 Å². The van der Waals surface area contributed by atoms with Gasteiger partial charge in [0.1, 0.15) is 6.54 Å². The maximum absolute atomic E-state index is 13.3. The van der Waals surface area contributed by atoms with Gasteiger partial charge in [0.05, 0.1) is 34.7 Å². The van der Waals surface area contributed by atoms with Gasteiger partial charge < -0.3 is 15.2 Å². The first-order valence-corrected chi connectivity index (χ1v) is 10.1. The highest BCUT2D eigenvalue weighted by atomic mass is 16.2. The number of fused-ring (bicyclic) bond motifs is 2. The summed E-state index contributed by atoms with van der Waals surface area (Å²) in [5.41, 5.74) is 2.89. The normalized spacial score (nSPS) is 11.2. The van der Waals surface area contributed by atoms with E-state index < -0.39 is 0 Å². The Labute approximate surface area is 182 Å². The number of hydrogen-bond acceptors (Lipinski definition) is 5. The summed E-state index contributed by atoms with van der Waals surface area (Å²) in [6, 6.07) is 13.4. The van der Waals surface area contributed by atoms with Crippen LogP contribution in [0.15, 0.2) is 72.0 Å². The third-order valence-electron chi connectivity index (χ3n) is 5.33. The molecular formula is C23H21N7O2. The van der Waals surface area contributed by atoms with E-state index in [-0.39, 0.29) is 18.0 Å². The van der Waals surface area contributed by atoms with Crippen molar-refractivity contribution >= 4 is 44.6 Å². The average molecular weight is 427 g/mol. The van der Waals surface area contributed by atoms with Gasteiger partial charge in [-0.2, -0.15) is 10.2 Å². The van der Waals surface area contributed by atoms with Crippen molar-refractivity contribution in [1.29, 1.82) is 0 Å². The average Bonchev–Trinajstić information content (AvgIpc) is 3.35. The van der Waals surface area contributed by atoms with E-state index in [2.05, 4.69) is 20.8 Å². The second-order valence-corrected chi connectivity index (χ2v) is 7.64. The van der Waals surface area contributed by atoms with Crippen LogP contribution in [0.4, 0.5) is 17.1 Å². The van der Waals surface area contributed by atoms with Gasteiger partial charge in [-0.3, -0.25) is 19.0 Å². The molecule has 0 radical (unpaired) electrons. The van der Waals surface area contributed by atoms with Crippen LogP contribution in [0.2, 0.25) is 0 Å². The summed E-state index contributed by atoms with van der Waals surface area (Å²) in [6.45, 7) is -0.0976. The molecule has 0 aliphatic rings. The van der Waals surface area contributed by atoms with Gasteiger partial charge >= 0.3 is 0 Å². The number of nitrogens with zero attached hydrogens (tertiary/aromatic N) is 5. The fourth-order valence-electron chi connectivity index (χ4n) is 3.80. The molecule has 3 heterocycles. The van der Waals surface area contributed by atoms with Crippen LogP contribution >= 0.6 is 0 Å². The van der Waals surface area contributed by atoms with Gasteiger partial charge in [0.2, 0.25) is 5.91 Å². The molecule has 5 rings (SSSR count). The first kappa shape index (κ1) is 19.6.